The van der Waals surface area contributed by atoms with Crippen LogP contribution in [0.25, 0.3) is 0 Å². The highest BCUT2D eigenvalue weighted by Gasteiger charge is 2.44. The van der Waals surface area contributed by atoms with Gasteiger partial charge in [-0.15, -0.1) is 0 Å². The van der Waals surface area contributed by atoms with Crippen LogP contribution in [0.15, 0.2) is 48.6 Å². The average molecular weight is 1140 g/mol. The minimum Gasteiger partial charge on any atom is -0.394 e. The maximum atomic E-state index is 13.1. The predicted octanol–water partition coefficient (Wildman–Crippen LogP) is 19.2. The van der Waals surface area contributed by atoms with Gasteiger partial charge in [0, 0.05) is 6.42 Å². The standard InChI is InChI=1S/C72H135NO8/c1-3-5-7-9-11-13-15-17-19-21-23-25-27-29-31-32-33-34-36-38-40-42-44-46-48-50-52-54-56-58-60-62-68(76)73-65(64-80-72-71(79)70(78)69(77)67(63-74)81-72)66(75)61-59-57-55-53-51-49-47-45-43-41-39-37-35-30-28-26-24-22-20-18-16-14-12-10-8-6-4-2/h15,17,21,23,51,53,59,61,65-67,69-72,74-75,77-79H,3-14,16,18-20,22,24-50,52,54-58,60,62-64H2,1-2H3,(H,73,76)/b17-15-,23-21-,53-51+,61-59+. The molecule has 9 heteroatoms. The van der Waals surface area contributed by atoms with Crippen molar-refractivity contribution in [3.63, 3.8) is 0 Å². The van der Waals surface area contributed by atoms with Crippen molar-refractivity contribution in [3.05, 3.63) is 48.6 Å². The number of rotatable bonds is 62. The summed E-state index contributed by atoms with van der Waals surface area (Å²) in [6.07, 6.45) is 76.5. The minimum absolute atomic E-state index is 0.181. The lowest BCUT2D eigenvalue weighted by molar-refractivity contribution is -0.302. The molecule has 476 valence electrons. The van der Waals surface area contributed by atoms with Crippen LogP contribution in [0, 0.1) is 0 Å². The number of carbonyl (C=O) groups excluding carboxylic acids is 1. The van der Waals surface area contributed by atoms with E-state index in [-0.39, 0.29) is 12.5 Å². The SMILES string of the molecule is CCCCCCC/C=C\C/C=C\CCCCCCCCCCCCCCCCCCCCCC(=O)NC(COC1OC(CO)C(O)C(O)C1O)C(O)/C=C/CC/C=C/CCCCCCCCCCCCCCCCCCCCCCC. The maximum Gasteiger partial charge on any atom is 0.220 e. The van der Waals surface area contributed by atoms with Gasteiger partial charge in [-0.1, -0.05) is 326 Å². The number of carbonyl (C=O) groups is 1. The smallest absolute Gasteiger partial charge is 0.220 e. The van der Waals surface area contributed by atoms with E-state index in [0.717, 1.165) is 44.9 Å². The molecule has 1 heterocycles. The summed E-state index contributed by atoms with van der Waals surface area (Å²) in [4.78, 5) is 13.1. The number of hydrogen-bond acceptors (Lipinski definition) is 8. The molecule has 1 amide bonds. The summed E-state index contributed by atoms with van der Waals surface area (Å²) in [5.41, 5.74) is 0. The van der Waals surface area contributed by atoms with Crippen LogP contribution in [0.4, 0.5) is 0 Å². The molecular weight excluding hydrogens is 1010 g/mol. The van der Waals surface area contributed by atoms with Crippen LogP contribution in [0.5, 0.6) is 0 Å². The lowest BCUT2D eigenvalue weighted by atomic mass is 9.99. The lowest BCUT2D eigenvalue weighted by Gasteiger charge is -2.40. The zero-order chi connectivity index (χ0) is 58.6. The number of allylic oxidation sites excluding steroid dienone is 7. The van der Waals surface area contributed by atoms with Gasteiger partial charge in [0.2, 0.25) is 5.91 Å². The Kier molecular flexibility index (Phi) is 58.3. The van der Waals surface area contributed by atoms with E-state index in [2.05, 4.69) is 55.6 Å². The fraction of sp³-hybridized carbons (Fsp3) is 0.875. The van der Waals surface area contributed by atoms with E-state index < -0.39 is 49.5 Å². The van der Waals surface area contributed by atoms with Crippen LogP contribution < -0.4 is 5.32 Å². The monoisotopic (exact) mass is 1140 g/mol. The van der Waals surface area contributed by atoms with Crippen LogP contribution >= 0.6 is 0 Å². The van der Waals surface area contributed by atoms with Crippen LogP contribution in [0.2, 0.25) is 0 Å². The molecule has 9 nitrogen and oxygen atoms in total. The van der Waals surface area contributed by atoms with Crippen molar-refractivity contribution in [1.29, 1.82) is 0 Å². The molecule has 0 aromatic carbocycles. The van der Waals surface area contributed by atoms with E-state index in [1.54, 1.807) is 6.08 Å². The van der Waals surface area contributed by atoms with E-state index in [1.807, 2.05) is 6.08 Å². The number of amides is 1. The zero-order valence-corrected chi connectivity index (χ0v) is 53.3. The van der Waals surface area contributed by atoms with Crippen molar-refractivity contribution in [1.82, 2.24) is 5.32 Å². The van der Waals surface area contributed by atoms with Gasteiger partial charge in [-0.3, -0.25) is 4.79 Å². The minimum atomic E-state index is -1.57. The third-order valence-corrected chi connectivity index (χ3v) is 16.9. The summed E-state index contributed by atoms with van der Waals surface area (Å²) in [6.45, 7) is 3.80. The van der Waals surface area contributed by atoms with Gasteiger partial charge in [-0.2, -0.15) is 0 Å². The molecule has 1 fully saturated rings. The van der Waals surface area contributed by atoms with Gasteiger partial charge in [0.1, 0.15) is 24.4 Å². The Hall–Kier alpha value is -1.85. The van der Waals surface area contributed by atoms with Crippen LogP contribution in [-0.4, -0.2) is 87.5 Å². The van der Waals surface area contributed by atoms with Gasteiger partial charge < -0.3 is 40.3 Å². The fourth-order valence-electron chi connectivity index (χ4n) is 11.3. The summed E-state index contributed by atoms with van der Waals surface area (Å²) in [7, 11) is 0. The van der Waals surface area contributed by atoms with Gasteiger partial charge in [0.25, 0.3) is 0 Å². The van der Waals surface area contributed by atoms with Crippen molar-refractivity contribution in [2.75, 3.05) is 13.2 Å². The van der Waals surface area contributed by atoms with Gasteiger partial charge in [0.05, 0.1) is 25.4 Å². The third-order valence-electron chi connectivity index (χ3n) is 16.9. The van der Waals surface area contributed by atoms with Crippen LogP contribution in [-0.2, 0) is 14.3 Å². The van der Waals surface area contributed by atoms with Crippen molar-refractivity contribution in [2.24, 2.45) is 0 Å². The van der Waals surface area contributed by atoms with Crippen molar-refractivity contribution in [3.8, 4) is 0 Å². The number of aliphatic hydroxyl groups excluding tert-OH is 5. The first-order valence-corrected chi connectivity index (χ1v) is 35.4. The second-order valence-electron chi connectivity index (χ2n) is 24.7. The number of ether oxygens (including phenoxy) is 2. The Balaban J connectivity index is 2.14. The molecular formula is C72H135NO8. The summed E-state index contributed by atoms with van der Waals surface area (Å²) in [6, 6.07) is -0.823. The molecule has 7 atom stereocenters. The first-order chi connectivity index (χ1) is 39.8. The summed E-state index contributed by atoms with van der Waals surface area (Å²) in [5.74, 6) is -0.181. The lowest BCUT2D eigenvalue weighted by Crippen LogP contribution is -2.60. The molecule has 0 aromatic heterocycles. The Morgan fingerprint density at radius 2 is 0.741 bits per heavy atom. The van der Waals surface area contributed by atoms with Crippen molar-refractivity contribution >= 4 is 5.91 Å². The fourth-order valence-corrected chi connectivity index (χ4v) is 11.3. The number of unbranched alkanes of at least 4 members (excludes halogenated alkanes) is 46. The highest BCUT2D eigenvalue weighted by Crippen LogP contribution is 2.23. The molecule has 0 aliphatic carbocycles. The third kappa shape index (κ3) is 50.1. The molecule has 0 saturated carbocycles. The molecule has 6 N–H and O–H groups in total. The van der Waals surface area contributed by atoms with Crippen molar-refractivity contribution in [2.45, 2.75) is 391 Å². The molecule has 0 radical (unpaired) electrons. The highest BCUT2D eigenvalue weighted by molar-refractivity contribution is 5.76. The molecule has 1 rings (SSSR count). The van der Waals surface area contributed by atoms with E-state index in [0.29, 0.717) is 6.42 Å². The predicted molar refractivity (Wildman–Crippen MR) is 346 cm³/mol. The normalized spacial score (nSPS) is 18.6. The van der Waals surface area contributed by atoms with Gasteiger partial charge in [-0.05, 0) is 64.2 Å². The summed E-state index contributed by atoms with van der Waals surface area (Å²) >= 11 is 0. The number of aliphatic hydroxyl groups is 5. The second kappa shape index (κ2) is 61.2. The number of nitrogens with one attached hydrogen (secondary N) is 1. The van der Waals surface area contributed by atoms with Gasteiger partial charge in [-0.25, -0.2) is 0 Å². The first kappa shape index (κ1) is 77.2. The van der Waals surface area contributed by atoms with Gasteiger partial charge >= 0.3 is 0 Å². The molecule has 0 bridgehead atoms. The average Bonchev–Trinajstić information content (AvgIpc) is 3.47. The van der Waals surface area contributed by atoms with E-state index in [9.17, 15) is 30.3 Å². The second-order valence-corrected chi connectivity index (χ2v) is 24.7. The summed E-state index contributed by atoms with van der Waals surface area (Å²) < 4.78 is 11.3. The molecule has 0 aromatic rings. The molecule has 1 saturated heterocycles. The molecule has 1 aliphatic heterocycles. The van der Waals surface area contributed by atoms with E-state index in [4.69, 9.17) is 9.47 Å². The first-order valence-electron chi connectivity index (χ1n) is 35.4. The Morgan fingerprint density at radius 1 is 0.420 bits per heavy atom. The van der Waals surface area contributed by atoms with Crippen LogP contribution in [0.3, 0.4) is 0 Å². The topological polar surface area (TPSA) is 149 Å². The Morgan fingerprint density at radius 3 is 1.11 bits per heavy atom. The Labute approximate surface area is 501 Å². The maximum absolute atomic E-state index is 13.1. The molecule has 1 aliphatic rings. The van der Waals surface area contributed by atoms with Gasteiger partial charge in [0.15, 0.2) is 6.29 Å². The number of hydrogen-bond donors (Lipinski definition) is 6. The zero-order valence-electron chi connectivity index (χ0n) is 53.3. The highest BCUT2D eigenvalue weighted by atomic mass is 16.7. The summed E-state index contributed by atoms with van der Waals surface area (Å²) in [5, 5.41) is 54.7. The molecule has 81 heavy (non-hydrogen) atoms. The van der Waals surface area contributed by atoms with E-state index in [1.165, 1.54) is 283 Å². The Bertz CT molecular complexity index is 1420. The quantitative estimate of drug-likeness (QED) is 0.0261. The molecule has 0 spiro atoms. The molecule has 7 unspecified atom stereocenters. The van der Waals surface area contributed by atoms with Crippen LogP contribution in [0.1, 0.15) is 348 Å². The van der Waals surface area contributed by atoms with E-state index >= 15 is 0 Å². The largest absolute Gasteiger partial charge is 0.394 e. The van der Waals surface area contributed by atoms with Crippen molar-refractivity contribution < 1.29 is 39.8 Å².